The van der Waals surface area contributed by atoms with Crippen LogP contribution in [0, 0.1) is 13.8 Å². The zero-order valence-electron chi connectivity index (χ0n) is 11.8. The smallest absolute Gasteiger partial charge is 0.151 e. The number of nitrogens with one attached hydrogen (secondary N) is 1. The molecule has 2 aromatic heterocycles. The van der Waals surface area contributed by atoms with Gasteiger partial charge in [-0.1, -0.05) is 24.3 Å². The Morgan fingerprint density at radius 2 is 1.75 bits per heavy atom. The predicted octanol–water partition coefficient (Wildman–Crippen LogP) is 3.35. The van der Waals surface area contributed by atoms with Crippen molar-refractivity contribution in [3.05, 3.63) is 47.7 Å². The number of pyridine rings is 1. The zero-order chi connectivity index (χ0) is 14.1. The van der Waals surface area contributed by atoms with Gasteiger partial charge in [-0.15, -0.1) is 10.2 Å². The second-order valence-corrected chi connectivity index (χ2v) is 4.78. The van der Waals surface area contributed by atoms with E-state index in [1.807, 2.05) is 31.4 Å². The molecule has 1 N–H and O–H groups in total. The summed E-state index contributed by atoms with van der Waals surface area (Å²) in [4.78, 5) is 4.49. The lowest BCUT2D eigenvalue weighted by molar-refractivity contribution is 1.00. The normalized spacial score (nSPS) is 10.8. The average Bonchev–Trinajstić information content (AvgIpc) is 2.50. The Kier molecular flexibility index (Phi) is 3.06. The molecule has 20 heavy (non-hydrogen) atoms. The van der Waals surface area contributed by atoms with Crippen LogP contribution in [0.25, 0.3) is 22.2 Å². The van der Waals surface area contributed by atoms with Crippen LogP contribution in [0.2, 0.25) is 0 Å². The van der Waals surface area contributed by atoms with Crippen LogP contribution in [-0.2, 0) is 0 Å². The highest BCUT2D eigenvalue weighted by Gasteiger charge is 2.13. The quantitative estimate of drug-likeness (QED) is 0.771. The third kappa shape index (κ3) is 1.90. The minimum atomic E-state index is 0.819. The standard InChI is InChI=1S/C16H16N4/c1-10-11(2)16(17-3)20-19-14(10)13-8-4-6-12-7-5-9-18-15(12)13/h4-9H,1-3H3,(H,17,20). The first-order valence-corrected chi connectivity index (χ1v) is 6.58. The van der Waals surface area contributed by atoms with E-state index in [0.717, 1.165) is 39.1 Å². The van der Waals surface area contributed by atoms with Crippen molar-refractivity contribution in [2.75, 3.05) is 12.4 Å². The molecule has 3 rings (SSSR count). The molecule has 0 aliphatic carbocycles. The molecule has 4 nitrogen and oxygen atoms in total. The summed E-state index contributed by atoms with van der Waals surface area (Å²) < 4.78 is 0. The molecule has 0 saturated carbocycles. The third-order valence-corrected chi connectivity index (χ3v) is 3.65. The van der Waals surface area contributed by atoms with Crippen molar-refractivity contribution >= 4 is 16.7 Å². The predicted molar refractivity (Wildman–Crippen MR) is 81.8 cm³/mol. The minimum absolute atomic E-state index is 0.819. The first-order chi connectivity index (χ1) is 9.72. The van der Waals surface area contributed by atoms with E-state index in [2.05, 4.69) is 46.5 Å². The van der Waals surface area contributed by atoms with E-state index in [1.165, 1.54) is 0 Å². The van der Waals surface area contributed by atoms with Gasteiger partial charge in [0.25, 0.3) is 0 Å². The zero-order valence-corrected chi connectivity index (χ0v) is 11.8. The molecule has 0 amide bonds. The van der Waals surface area contributed by atoms with E-state index in [4.69, 9.17) is 0 Å². The Morgan fingerprint density at radius 3 is 2.55 bits per heavy atom. The summed E-state index contributed by atoms with van der Waals surface area (Å²) in [5.74, 6) is 0.819. The Labute approximate surface area is 117 Å². The fourth-order valence-electron chi connectivity index (χ4n) is 2.39. The number of fused-ring (bicyclic) bond motifs is 1. The Balaban J connectivity index is 2.29. The van der Waals surface area contributed by atoms with Crippen molar-refractivity contribution in [2.24, 2.45) is 0 Å². The molecule has 1 aromatic carbocycles. The summed E-state index contributed by atoms with van der Waals surface area (Å²) in [6, 6.07) is 10.1. The number of anilines is 1. The molecular weight excluding hydrogens is 248 g/mol. The monoisotopic (exact) mass is 264 g/mol. The van der Waals surface area contributed by atoms with Gasteiger partial charge in [-0.05, 0) is 31.0 Å². The average molecular weight is 264 g/mol. The summed E-state index contributed by atoms with van der Waals surface area (Å²) in [5, 5.41) is 12.8. The fraction of sp³-hybridized carbons (Fsp3) is 0.188. The van der Waals surface area contributed by atoms with Crippen LogP contribution < -0.4 is 5.32 Å². The molecule has 0 fully saturated rings. The molecule has 100 valence electrons. The van der Waals surface area contributed by atoms with E-state index in [-0.39, 0.29) is 0 Å². The molecule has 2 heterocycles. The highest BCUT2D eigenvalue weighted by atomic mass is 15.2. The van der Waals surface area contributed by atoms with Gasteiger partial charge < -0.3 is 5.32 Å². The second kappa shape index (κ2) is 4.89. The molecule has 3 aromatic rings. The highest BCUT2D eigenvalue weighted by molar-refractivity contribution is 5.93. The van der Waals surface area contributed by atoms with Crippen molar-refractivity contribution < 1.29 is 0 Å². The molecule has 0 atom stereocenters. The van der Waals surface area contributed by atoms with Crippen LogP contribution in [0.5, 0.6) is 0 Å². The molecule has 0 aliphatic rings. The summed E-state index contributed by atoms with van der Waals surface area (Å²) in [6.45, 7) is 4.12. The van der Waals surface area contributed by atoms with E-state index in [1.54, 1.807) is 0 Å². The van der Waals surface area contributed by atoms with Gasteiger partial charge in [0.05, 0.1) is 11.2 Å². The molecule has 0 bridgehead atoms. The van der Waals surface area contributed by atoms with Gasteiger partial charge in [0.1, 0.15) is 0 Å². The number of benzene rings is 1. The van der Waals surface area contributed by atoms with E-state index >= 15 is 0 Å². The van der Waals surface area contributed by atoms with Crippen LogP contribution in [-0.4, -0.2) is 22.2 Å². The number of para-hydroxylation sites is 1. The van der Waals surface area contributed by atoms with Gasteiger partial charge in [0.15, 0.2) is 5.82 Å². The summed E-state index contributed by atoms with van der Waals surface area (Å²) in [7, 11) is 1.86. The van der Waals surface area contributed by atoms with Crippen LogP contribution in [0.15, 0.2) is 36.5 Å². The Bertz CT molecular complexity index is 775. The lowest BCUT2D eigenvalue weighted by Gasteiger charge is -2.12. The van der Waals surface area contributed by atoms with Crippen LogP contribution in [0.4, 0.5) is 5.82 Å². The highest BCUT2D eigenvalue weighted by Crippen LogP contribution is 2.30. The van der Waals surface area contributed by atoms with Crippen molar-refractivity contribution in [3.63, 3.8) is 0 Å². The van der Waals surface area contributed by atoms with Crippen LogP contribution in [0.3, 0.4) is 0 Å². The summed E-state index contributed by atoms with van der Waals surface area (Å²) >= 11 is 0. The summed E-state index contributed by atoms with van der Waals surface area (Å²) in [5.41, 5.74) is 5.13. The minimum Gasteiger partial charge on any atom is -0.371 e. The maximum absolute atomic E-state index is 4.49. The van der Waals surface area contributed by atoms with Gasteiger partial charge in [0.2, 0.25) is 0 Å². The number of aromatic nitrogens is 3. The molecule has 0 spiro atoms. The molecule has 0 radical (unpaired) electrons. The first kappa shape index (κ1) is 12.5. The van der Waals surface area contributed by atoms with Crippen LogP contribution in [0.1, 0.15) is 11.1 Å². The van der Waals surface area contributed by atoms with E-state index in [0.29, 0.717) is 0 Å². The third-order valence-electron chi connectivity index (χ3n) is 3.65. The number of hydrogen-bond acceptors (Lipinski definition) is 4. The van der Waals surface area contributed by atoms with Crippen molar-refractivity contribution in [2.45, 2.75) is 13.8 Å². The van der Waals surface area contributed by atoms with E-state index in [9.17, 15) is 0 Å². The number of nitrogens with zero attached hydrogens (tertiary/aromatic N) is 3. The van der Waals surface area contributed by atoms with Gasteiger partial charge in [-0.2, -0.15) is 0 Å². The van der Waals surface area contributed by atoms with Gasteiger partial charge in [0, 0.05) is 24.2 Å². The largest absolute Gasteiger partial charge is 0.371 e. The van der Waals surface area contributed by atoms with Crippen molar-refractivity contribution in [3.8, 4) is 11.3 Å². The van der Waals surface area contributed by atoms with E-state index < -0.39 is 0 Å². The maximum atomic E-state index is 4.49. The van der Waals surface area contributed by atoms with Crippen molar-refractivity contribution in [1.82, 2.24) is 15.2 Å². The number of hydrogen-bond donors (Lipinski definition) is 1. The van der Waals surface area contributed by atoms with Gasteiger partial charge >= 0.3 is 0 Å². The SMILES string of the molecule is CNc1nnc(-c2cccc3cccnc23)c(C)c1C. The first-order valence-electron chi connectivity index (χ1n) is 6.58. The fourth-order valence-corrected chi connectivity index (χ4v) is 2.39. The lowest BCUT2D eigenvalue weighted by atomic mass is 10.0. The van der Waals surface area contributed by atoms with Gasteiger partial charge in [-0.25, -0.2) is 0 Å². The Morgan fingerprint density at radius 1 is 0.950 bits per heavy atom. The van der Waals surface area contributed by atoms with Crippen molar-refractivity contribution in [1.29, 1.82) is 0 Å². The molecule has 4 heteroatoms. The topological polar surface area (TPSA) is 50.7 Å². The number of rotatable bonds is 2. The molecule has 0 aliphatic heterocycles. The maximum Gasteiger partial charge on any atom is 0.151 e. The molecule has 0 saturated heterocycles. The summed E-state index contributed by atoms with van der Waals surface area (Å²) in [6.07, 6.45) is 1.81. The van der Waals surface area contributed by atoms with Gasteiger partial charge in [-0.3, -0.25) is 4.98 Å². The molecular formula is C16H16N4. The lowest BCUT2D eigenvalue weighted by Crippen LogP contribution is -2.03. The second-order valence-electron chi connectivity index (χ2n) is 4.78. The van der Waals surface area contributed by atoms with Crippen LogP contribution >= 0.6 is 0 Å². The molecule has 0 unspecified atom stereocenters. The Hall–Kier alpha value is -2.49.